The predicted molar refractivity (Wildman–Crippen MR) is 131 cm³/mol. The Balaban J connectivity index is 1.37. The third-order valence-electron chi connectivity index (χ3n) is 6.30. The van der Waals surface area contributed by atoms with Gasteiger partial charge in [-0.3, -0.25) is 9.59 Å². The number of benzene rings is 2. The Morgan fingerprint density at radius 2 is 1.59 bits per heavy atom. The van der Waals surface area contributed by atoms with Crippen molar-refractivity contribution in [2.45, 2.75) is 57.4 Å². The standard InChI is InChI=1S/C27H34N2O5/c1-19(10-9-15-25(30)29(2)17-8-7-16-26(31)32)28-27(33)34-18-24-22-13-5-3-11-20(22)21-12-4-6-14-23(21)24/h3-6,11-14,19,24H,7-10,15-18H2,1-2H3,(H,28,33)(H,31,32). The van der Waals surface area contributed by atoms with Crippen molar-refractivity contribution in [3.8, 4) is 11.1 Å². The molecule has 34 heavy (non-hydrogen) atoms. The Labute approximate surface area is 201 Å². The zero-order chi connectivity index (χ0) is 24.5. The molecule has 182 valence electrons. The fourth-order valence-corrected chi connectivity index (χ4v) is 4.41. The van der Waals surface area contributed by atoms with Crippen LogP contribution in [-0.4, -0.2) is 54.2 Å². The molecule has 7 nitrogen and oxygen atoms in total. The molecule has 0 aromatic heterocycles. The van der Waals surface area contributed by atoms with Gasteiger partial charge in [0.25, 0.3) is 0 Å². The van der Waals surface area contributed by atoms with Crippen molar-refractivity contribution < 1.29 is 24.2 Å². The molecule has 2 N–H and O–H groups in total. The van der Waals surface area contributed by atoms with Gasteiger partial charge in [-0.25, -0.2) is 4.79 Å². The highest BCUT2D eigenvalue weighted by molar-refractivity contribution is 5.79. The fraction of sp³-hybridized carbons (Fsp3) is 0.444. The lowest BCUT2D eigenvalue weighted by molar-refractivity contribution is -0.137. The molecule has 0 saturated carbocycles. The van der Waals surface area contributed by atoms with Gasteiger partial charge in [-0.2, -0.15) is 0 Å². The number of hydrogen-bond acceptors (Lipinski definition) is 4. The molecule has 0 radical (unpaired) electrons. The molecule has 2 amide bonds. The molecule has 2 aromatic rings. The van der Waals surface area contributed by atoms with E-state index in [9.17, 15) is 14.4 Å². The Morgan fingerprint density at radius 1 is 0.971 bits per heavy atom. The van der Waals surface area contributed by atoms with Crippen LogP contribution in [-0.2, 0) is 14.3 Å². The third kappa shape index (κ3) is 6.83. The summed E-state index contributed by atoms with van der Waals surface area (Å²) in [4.78, 5) is 36.8. The maximum atomic E-state index is 12.4. The molecule has 1 unspecified atom stereocenters. The van der Waals surface area contributed by atoms with Crippen LogP contribution in [0.4, 0.5) is 4.79 Å². The van der Waals surface area contributed by atoms with Crippen LogP contribution in [0, 0.1) is 0 Å². The maximum Gasteiger partial charge on any atom is 0.407 e. The van der Waals surface area contributed by atoms with E-state index in [0.717, 1.165) is 0 Å². The number of ether oxygens (including phenoxy) is 1. The van der Waals surface area contributed by atoms with Crippen molar-refractivity contribution in [2.24, 2.45) is 0 Å². The summed E-state index contributed by atoms with van der Waals surface area (Å²) in [5, 5.41) is 11.5. The number of carbonyl (C=O) groups is 3. The molecule has 0 heterocycles. The smallest absolute Gasteiger partial charge is 0.407 e. The van der Waals surface area contributed by atoms with Gasteiger partial charge in [-0.15, -0.1) is 0 Å². The van der Waals surface area contributed by atoms with E-state index < -0.39 is 12.1 Å². The monoisotopic (exact) mass is 466 g/mol. The minimum Gasteiger partial charge on any atom is -0.481 e. The number of hydrogen-bond donors (Lipinski definition) is 2. The van der Waals surface area contributed by atoms with E-state index in [-0.39, 0.29) is 30.9 Å². The number of unbranched alkanes of at least 4 members (excludes halogenated alkanes) is 1. The topological polar surface area (TPSA) is 95.9 Å². The van der Waals surface area contributed by atoms with Gasteiger partial charge < -0.3 is 20.1 Å². The highest BCUT2D eigenvalue weighted by atomic mass is 16.5. The lowest BCUT2D eigenvalue weighted by atomic mass is 9.98. The van der Waals surface area contributed by atoms with Crippen LogP contribution in [0.15, 0.2) is 48.5 Å². The molecule has 2 aromatic carbocycles. The van der Waals surface area contributed by atoms with Crippen LogP contribution in [0.25, 0.3) is 11.1 Å². The Kier molecular flexibility index (Phi) is 9.08. The van der Waals surface area contributed by atoms with Crippen LogP contribution in [0.1, 0.15) is 62.5 Å². The minimum atomic E-state index is -0.813. The van der Waals surface area contributed by atoms with E-state index in [1.165, 1.54) is 22.3 Å². The quantitative estimate of drug-likeness (QED) is 0.438. The summed E-state index contributed by atoms with van der Waals surface area (Å²) in [6.07, 6.45) is 2.64. The van der Waals surface area contributed by atoms with Gasteiger partial charge in [0.05, 0.1) is 0 Å². The average molecular weight is 467 g/mol. The zero-order valence-electron chi connectivity index (χ0n) is 20.0. The van der Waals surface area contributed by atoms with Gasteiger partial charge in [0.15, 0.2) is 0 Å². The molecule has 0 spiro atoms. The number of aliphatic carboxylic acids is 1. The SMILES string of the molecule is CC(CCCC(=O)N(C)CCCCC(=O)O)NC(=O)OCC1c2ccccc2-c2ccccc21. The van der Waals surface area contributed by atoms with Gasteiger partial charge in [0.2, 0.25) is 5.91 Å². The number of carbonyl (C=O) groups excluding carboxylic acids is 2. The number of carboxylic acid groups (broad SMARTS) is 1. The summed E-state index contributed by atoms with van der Waals surface area (Å²) in [5.74, 6) is -0.757. The van der Waals surface area contributed by atoms with Crippen LogP contribution in [0.5, 0.6) is 0 Å². The number of nitrogens with zero attached hydrogens (tertiary/aromatic N) is 1. The molecule has 7 heteroatoms. The Bertz CT molecular complexity index is 961. The second-order valence-corrected chi connectivity index (χ2v) is 8.93. The number of carboxylic acids is 1. The van der Waals surface area contributed by atoms with Crippen molar-refractivity contribution in [1.82, 2.24) is 10.2 Å². The molecule has 0 fully saturated rings. The summed E-state index contributed by atoms with van der Waals surface area (Å²) in [5.41, 5.74) is 4.74. The largest absolute Gasteiger partial charge is 0.481 e. The molecule has 3 rings (SSSR count). The molecule has 0 aliphatic heterocycles. The first-order valence-corrected chi connectivity index (χ1v) is 11.9. The summed E-state index contributed by atoms with van der Waals surface area (Å²) < 4.78 is 5.58. The third-order valence-corrected chi connectivity index (χ3v) is 6.30. The minimum absolute atomic E-state index is 0.0251. The molecular formula is C27H34N2O5. The molecule has 0 bridgehead atoms. The van der Waals surface area contributed by atoms with E-state index in [4.69, 9.17) is 9.84 Å². The molecular weight excluding hydrogens is 432 g/mol. The second-order valence-electron chi connectivity index (χ2n) is 8.93. The predicted octanol–water partition coefficient (Wildman–Crippen LogP) is 4.80. The lowest BCUT2D eigenvalue weighted by Crippen LogP contribution is -2.34. The first-order chi connectivity index (χ1) is 16.4. The Morgan fingerprint density at radius 3 is 2.21 bits per heavy atom. The summed E-state index contributed by atoms with van der Waals surface area (Å²) in [6, 6.07) is 16.3. The maximum absolute atomic E-state index is 12.4. The number of fused-ring (bicyclic) bond motifs is 3. The normalized spacial score (nSPS) is 13.0. The van der Waals surface area contributed by atoms with Gasteiger partial charge in [-0.05, 0) is 54.9 Å². The lowest BCUT2D eigenvalue weighted by Gasteiger charge is -2.19. The molecule has 0 saturated heterocycles. The van der Waals surface area contributed by atoms with Crippen molar-refractivity contribution in [3.63, 3.8) is 0 Å². The van der Waals surface area contributed by atoms with Crippen molar-refractivity contribution >= 4 is 18.0 Å². The first-order valence-electron chi connectivity index (χ1n) is 11.9. The van der Waals surface area contributed by atoms with E-state index in [0.29, 0.717) is 38.6 Å². The molecule has 1 aliphatic rings. The Hall–Kier alpha value is -3.35. The fourth-order valence-electron chi connectivity index (χ4n) is 4.41. The summed E-state index contributed by atoms with van der Waals surface area (Å²) in [6.45, 7) is 2.74. The highest BCUT2D eigenvalue weighted by Crippen LogP contribution is 2.44. The highest BCUT2D eigenvalue weighted by Gasteiger charge is 2.29. The van der Waals surface area contributed by atoms with Gasteiger partial charge >= 0.3 is 12.1 Å². The zero-order valence-corrected chi connectivity index (χ0v) is 20.0. The van der Waals surface area contributed by atoms with Crippen LogP contribution in [0.2, 0.25) is 0 Å². The number of nitrogens with one attached hydrogen (secondary N) is 1. The second kappa shape index (κ2) is 12.2. The molecule has 1 atom stereocenters. The molecule has 1 aliphatic carbocycles. The summed E-state index contributed by atoms with van der Waals surface area (Å²) >= 11 is 0. The van der Waals surface area contributed by atoms with Gasteiger partial charge in [0, 0.05) is 38.4 Å². The number of rotatable bonds is 12. The van der Waals surface area contributed by atoms with Crippen LogP contribution < -0.4 is 5.32 Å². The van der Waals surface area contributed by atoms with Crippen LogP contribution in [0.3, 0.4) is 0 Å². The van der Waals surface area contributed by atoms with Crippen molar-refractivity contribution in [2.75, 3.05) is 20.2 Å². The summed E-state index contributed by atoms with van der Waals surface area (Å²) in [7, 11) is 1.74. The number of amides is 2. The van der Waals surface area contributed by atoms with E-state index in [2.05, 4.69) is 29.6 Å². The van der Waals surface area contributed by atoms with Crippen LogP contribution >= 0.6 is 0 Å². The number of alkyl carbamates (subject to hydrolysis) is 1. The van der Waals surface area contributed by atoms with Crippen molar-refractivity contribution in [1.29, 1.82) is 0 Å². The van der Waals surface area contributed by atoms with Gasteiger partial charge in [-0.1, -0.05) is 48.5 Å². The van der Waals surface area contributed by atoms with E-state index in [1.807, 2.05) is 31.2 Å². The average Bonchev–Trinajstić information content (AvgIpc) is 3.14. The first kappa shape index (κ1) is 25.3. The van der Waals surface area contributed by atoms with Crippen molar-refractivity contribution in [3.05, 3.63) is 59.7 Å². The van der Waals surface area contributed by atoms with E-state index >= 15 is 0 Å². The van der Waals surface area contributed by atoms with E-state index in [1.54, 1.807) is 11.9 Å². The van der Waals surface area contributed by atoms with Gasteiger partial charge in [0.1, 0.15) is 6.61 Å².